The van der Waals surface area contributed by atoms with Crippen LogP contribution in [0.1, 0.15) is 38.2 Å². The quantitative estimate of drug-likeness (QED) is 0.861. The highest BCUT2D eigenvalue weighted by atomic mass is 16.1. The molecular formula is C15H22N2O. The second kappa shape index (κ2) is 6.01. The monoisotopic (exact) mass is 246 g/mol. The molecule has 0 atom stereocenters. The zero-order valence-corrected chi connectivity index (χ0v) is 11.0. The molecule has 1 aromatic carbocycles. The maximum absolute atomic E-state index is 12.1. The second-order valence-corrected chi connectivity index (χ2v) is 5.15. The summed E-state index contributed by atoms with van der Waals surface area (Å²) in [6.07, 6.45) is 4.79. The number of hydrogen-bond donors (Lipinski definition) is 2. The number of carbonyl (C=O) groups excluding carboxylic acids is 1. The van der Waals surface area contributed by atoms with Crippen LogP contribution in [0.4, 0.5) is 5.69 Å². The number of rotatable bonds is 3. The van der Waals surface area contributed by atoms with Crippen LogP contribution in [0, 0.1) is 5.92 Å². The van der Waals surface area contributed by atoms with E-state index in [0.29, 0.717) is 0 Å². The van der Waals surface area contributed by atoms with Gasteiger partial charge in [-0.2, -0.15) is 0 Å². The molecule has 1 amide bonds. The van der Waals surface area contributed by atoms with Crippen LogP contribution < -0.4 is 11.1 Å². The minimum absolute atomic E-state index is 0.135. The van der Waals surface area contributed by atoms with Crippen LogP contribution in [0.2, 0.25) is 0 Å². The van der Waals surface area contributed by atoms with Crippen molar-refractivity contribution in [3.8, 4) is 0 Å². The molecule has 3 nitrogen and oxygen atoms in total. The molecule has 3 heteroatoms. The Bertz CT molecular complexity index is 391. The fraction of sp³-hybridized carbons (Fsp3) is 0.533. The summed E-state index contributed by atoms with van der Waals surface area (Å²) in [7, 11) is 0. The normalized spacial score (nSPS) is 23.7. The molecule has 18 heavy (non-hydrogen) atoms. The first-order valence-electron chi connectivity index (χ1n) is 6.84. The molecule has 2 rings (SSSR count). The van der Waals surface area contributed by atoms with Crippen LogP contribution in [0.3, 0.4) is 0 Å². The molecule has 3 N–H and O–H groups in total. The highest BCUT2D eigenvalue weighted by molar-refractivity contribution is 5.92. The first-order chi connectivity index (χ1) is 8.69. The smallest absolute Gasteiger partial charge is 0.227 e. The SMILES string of the molecule is CCc1ccc(NC(=O)C2CCC(N)CC2)cc1. The molecule has 1 aromatic rings. The molecule has 1 aliphatic carbocycles. The largest absolute Gasteiger partial charge is 0.328 e. The highest BCUT2D eigenvalue weighted by Gasteiger charge is 2.24. The van der Waals surface area contributed by atoms with E-state index in [0.717, 1.165) is 37.8 Å². The van der Waals surface area contributed by atoms with Gasteiger partial charge in [-0.05, 0) is 49.8 Å². The lowest BCUT2D eigenvalue weighted by Gasteiger charge is -2.25. The van der Waals surface area contributed by atoms with Crippen molar-refractivity contribution in [1.82, 2.24) is 0 Å². The van der Waals surface area contributed by atoms with Crippen molar-refractivity contribution < 1.29 is 4.79 Å². The van der Waals surface area contributed by atoms with Crippen molar-refractivity contribution in [2.24, 2.45) is 11.7 Å². The van der Waals surface area contributed by atoms with Crippen LogP contribution in [-0.2, 0) is 11.2 Å². The molecule has 0 aromatic heterocycles. The molecule has 1 aliphatic rings. The van der Waals surface area contributed by atoms with E-state index in [1.165, 1.54) is 5.56 Å². The fourth-order valence-corrected chi connectivity index (χ4v) is 2.45. The van der Waals surface area contributed by atoms with Gasteiger partial charge in [-0.3, -0.25) is 4.79 Å². The average molecular weight is 246 g/mol. The van der Waals surface area contributed by atoms with Gasteiger partial charge in [0.15, 0.2) is 0 Å². The van der Waals surface area contributed by atoms with Gasteiger partial charge in [-0.15, -0.1) is 0 Å². The Labute approximate surface area is 109 Å². The lowest BCUT2D eigenvalue weighted by molar-refractivity contribution is -0.120. The number of benzene rings is 1. The topological polar surface area (TPSA) is 55.1 Å². The standard InChI is InChI=1S/C15H22N2O/c1-2-11-3-9-14(10-4-11)17-15(18)12-5-7-13(16)8-6-12/h3-4,9-10,12-13H,2,5-8,16H2,1H3,(H,17,18). The number of hydrogen-bond acceptors (Lipinski definition) is 2. The molecule has 98 valence electrons. The van der Waals surface area contributed by atoms with Crippen molar-refractivity contribution >= 4 is 11.6 Å². The Kier molecular flexibility index (Phi) is 4.37. The van der Waals surface area contributed by atoms with Crippen LogP contribution in [0.5, 0.6) is 0 Å². The Morgan fingerprint density at radius 1 is 1.22 bits per heavy atom. The summed E-state index contributed by atoms with van der Waals surface area (Å²) in [5.41, 5.74) is 8.03. The van der Waals surface area contributed by atoms with E-state index in [1.807, 2.05) is 12.1 Å². The molecule has 0 heterocycles. The van der Waals surface area contributed by atoms with E-state index in [2.05, 4.69) is 24.4 Å². The van der Waals surface area contributed by atoms with Crippen LogP contribution in [0.25, 0.3) is 0 Å². The third kappa shape index (κ3) is 3.33. The molecule has 0 saturated heterocycles. The van der Waals surface area contributed by atoms with E-state index in [4.69, 9.17) is 5.73 Å². The molecule has 0 radical (unpaired) electrons. The van der Waals surface area contributed by atoms with E-state index in [-0.39, 0.29) is 17.9 Å². The summed E-state index contributed by atoms with van der Waals surface area (Å²) in [5, 5.41) is 3.00. The zero-order valence-electron chi connectivity index (χ0n) is 11.0. The fourth-order valence-electron chi connectivity index (χ4n) is 2.45. The first kappa shape index (κ1) is 13.1. The van der Waals surface area contributed by atoms with Gasteiger partial charge in [0.1, 0.15) is 0 Å². The Morgan fingerprint density at radius 3 is 2.39 bits per heavy atom. The lowest BCUT2D eigenvalue weighted by Crippen LogP contribution is -2.32. The molecule has 0 aliphatic heterocycles. The highest BCUT2D eigenvalue weighted by Crippen LogP contribution is 2.24. The van der Waals surface area contributed by atoms with Gasteiger partial charge in [0.25, 0.3) is 0 Å². The van der Waals surface area contributed by atoms with Gasteiger partial charge >= 0.3 is 0 Å². The first-order valence-corrected chi connectivity index (χ1v) is 6.84. The van der Waals surface area contributed by atoms with Crippen LogP contribution in [-0.4, -0.2) is 11.9 Å². The van der Waals surface area contributed by atoms with Gasteiger partial charge in [0, 0.05) is 17.6 Å². The summed E-state index contributed by atoms with van der Waals surface area (Å²) in [4.78, 5) is 12.1. The molecular weight excluding hydrogens is 224 g/mol. The van der Waals surface area contributed by atoms with Gasteiger partial charge in [-0.1, -0.05) is 19.1 Å². The lowest BCUT2D eigenvalue weighted by atomic mass is 9.86. The van der Waals surface area contributed by atoms with E-state index in [1.54, 1.807) is 0 Å². The average Bonchev–Trinajstić information content (AvgIpc) is 2.40. The second-order valence-electron chi connectivity index (χ2n) is 5.15. The van der Waals surface area contributed by atoms with Gasteiger partial charge in [0.05, 0.1) is 0 Å². The predicted octanol–water partition coefficient (Wildman–Crippen LogP) is 2.71. The molecule has 0 unspecified atom stereocenters. The van der Waals surface area contributed by atoms with E-state index >= 15 is 0 Å². The zero-order chi connectivity index (χ0) is 13.0. The Balaban J connectivity index is 1.90. The van der Waals surface area contributed by atoms with E-state index in [9.17, 15) is 4.79 Å². The number of aryl methyl sites for hydroxylation is 1. The van der Waals surface area contributed by atoms with Gasteiger partial charge in [-0.25, -0.2) is 0 Å². The molecule has 1 fully saturated rings. The van der Waals surface area contributed by atoms with Gasteiger partial charge in [0.2, 0.25) is 5.91 Å². The van der Waals surface area contributed by atoms with E-state index < -0.39 is 0 Å². The summed E-state index contributed by atoms with van der Waals surface area (Å²) in [6, 6.07) is 8.37. The number of anilines is 1. The number of nitrogens with one attached hydrogen (secondary N) is 1. The van der Waals surface area contributed by atoms with Crippen LogP contribution >= 0.6 is 0 Å². The number of carbonyl (C=O) groups is 1. The Hall–Kier alpha value is -1.35. The number of amides is 1. The van der Waals surface area contributed by atoms with Crippen molar-refractivity contribution in [1.29, 1.82) is 0 Å². The van der Waals surface area contributed by atoms with Crippen molar-refractivity contribution in [3.63, 3.8) is 0 Å². The van der Waals surface area contributed by atoms with Crippen molar-refractivity contribution in [2.75, 3.05) is 5.32 Å². The summed E-state index contributed by atoms with van der Waals surface area (Å²) in [5.74, 6) is 0.279. The molecule has 1 saturated carbocycles. The van der Waals surface area contributed by atoms with Crippen LogP contribution in [0.15, 0.2) is 24.3 Å². The molecule has 0 bridgehead atoms. The van der Waals surface area contributed by atoms with Crippen molar-refractivity contribution in [3.05, 3.63) is 29.8 Å². The Morgan fingerprint density at radius 2 is 1.83 bits per heavy atom. The minimum atomic E-state index is 0.135. The third-order valence-electron chi connectivity index (χ3n) is 3.77. The summed E-state index contributed by atoms with van der Waals surface area (Å²) < 4.78 is 0. The number of nitrogens with two attached hydrogens (primary N) is 1. The van der Waals surface area contributed by atoms with Gasteiger partial charge < -0.3 is 11.1 Å². The summed E-state index contributed by atoms with van der Waals surface area (Å²) in [6.45, 7) is 2.12. The predicted molar refractivity (Wildman–Crippen MR) is 74.4 cm³/mol. The maximum atomic E-state index is 12.1. The minimum Gasteiger partial charge on any atom is -0.328 e. The maximum Gasteiger partial charge on any atom is 0.227 e. The third-order valence-corrected chi connectivity index (χ3v) is 3.77. The molecule has 0 spiro atoms. The van der Waals surface area contributed by atoms with Crippen molar-refractivity contribution in [2.45, 2.75) is 45.1 Å². The summed E-state index contributed by atoms with van der Waals surface area (Å²) >= 11 is 0.